The van der Waals surface area contributed by atoms with Gasteiger partial charge in [-0.15, -0.1) is 0 Å². The third kappa shape index (κ3) is 5.27. The van der Waals surface area contributed by atoms with Gasteiger partial charge in [-0.05, 0) is 39.7 Å². The van der Waals surface area contributed by atoms with Crippen molar-refractivity contribution in [3.8, 4) is 0 Å². The molecule has 0 spiro atoms. The minimum atomic E-state index is -0.0122. The van der Waals surface area contributed by atoms with E-state index >= 15 is 0 Å². The van der Waals surface area contributed by atoms with Crippen LogP contribution < -0.4 is 11.1 Å². The fourth-order valence-electron chi connectivity index (χ4n) is 1.91. The van der Waals surface area contributed by atoms with E-state index in [2.05, 4.69) is 19.2 Å². The summed E-state index contributed by atoms with van der Waals surface area (Å²) in [6.45, 7) is 5.26. The highest BCUT2D eigenvalue weighted by molar-refractivity contribution is 4.76. The molecule has 0 atom stereocenters. The Bertz CT molecular complexity index is 132. The van der Waals surface area contributed by atoms with Crippen LogP contribution in [-0.2, 0) is 0 Å². The van der Waals surface area contributed by atoms with Crippen LogP contribution in [0.4, 0.5) is 0 Å². The molecule has 2 heteroatoms. The number of nitrogens with two attached hydrogens (primary N) is 1. The number of nitrogens with one attached hydrogen (secondary N) is 1. The second-order valence-electron chi connectivity index (χ2n) is 5.03. The summed E-state index contributed by atoms with van der Waals surface area (Å²) in [5, 5.41) is 3.60. The lowest BCUT2D eigenvalue weighted by Crippen LogP contribution is -2.39. The maximum atomic E-state index is 5.91. The number of hydrogen-bond acceptors (Lipinski definition) is 2. The molecule has 13 heavy (non-hydrogen) atoms. The summed E-state index contributed by atoms with van der Waals surface area (Å²) in [6.07, 6.45) is 8.05. The highest BCUT2D eigenvalue weighted by atomic mass is 14.9. The second-order valence-corrected chi connectivity index (χ2v) is 5.03. The average Bonchev–Trinajstić information content (AvgIpc) is 2.04. The Kier molecular flexibility index (Phi) is 4.20. The molecule has 0 aromatic carbocycles. The first-order valence-corrected chi connectivity index (χ1v) is 5.60. The van der Waals surface area contributed by atoms with E-state index in [0.717, 1.165) is 19.0 Å². The van der Waals surface area contributed by atoms with Gasteiger partial charge in [0.05, 0.1) is 0 Å². The molecule has 0 saturated heterocycles. The molecule has 0 amide bonds. The van der Waals surface area contributed by atoms with Crippen molar-refractivity contribution in [1.82, 2.24) is 5.32 Å². The summed E-state index contributed by atoms with van der Waals surface area (Å²) in [7, 11) is 0. The summed E-state index contributed by atoms with van der Waals surface area (Å²) in [5.41, 5.74) is 5.90. The molecule has 0 aliphatic heterocycles. The Balaban J connectivity index is 2.04. The predicted molar refractivity (Wildman–Crippen MR) is 57.8 cm³/mol. The highest BCUT2D eigenvalue weighted by Gasteiger charge is 2.14. The Morgan fingerprint density at radius 1 is 1.23 bits per heavy atom. The van der Waals surface area contributed by atoms with E-state index < -0.39 is 0 Å². The van der Waals surface area contributed by atoms with Crippen LogP contribution in [-0.4, -0.2) is 18.1 Å². The zero-order valence-corrected chi connectivity index (χ0v) is 9.10. The first-order chi connectivity index (χ1) is 6.08. The lowest BCUT2D eigenvalue weighted by atomic mass is 9.95. The van der Waals surface area contributed by atoms with Crippen LogP contribution in [0, 0.1) is 0 Å². The standard InChI is InChI=1S/C11H24N2/c1-11(2,12)8-9-13-10-6-4-3-5-7-10/h10,13H,3-9,12H2,1-2H3. The van der Waals surface area contributed by atoms with Crippen molar-refractivity contribution < 1.29 is 0 Å². The quantitative estimate of drug-likeness (QED) is 0.701. The van der Waals surface area contributed by atoms with E-state index in [-0.39, 0.29) is 5.54 Å². The van der Waals surface area contributed by atoms with Gasteiger partial charge in [0.15, 0.2) is 0 Å². The first kappa shape index (κ1) is 11.0. The van der Waals surface area contributed by atoms with Gasteiger partial charge in [-0.1, -0.05) is 19.3 Å². The Morgan fingerprint density at radius 3 is 2.38 bits per heavy atom. The SMILES string of the molecule is CC(C)(N)CCNC1CCCCC1. The maximum absolute atomic E-state index is 5.91. The van der Waals surface area contributed by atoms with Crippen molar-refractivity contribution >= 4 is 0 Å². The van der Waals surface area contributed by atoms with Gasteiger partial charge in [0.2, 0.25) is 0 Å². The maximum Gasteiger partial charge on any atom is 0.0109 e. The number of hydrogen-bond donors (Lipinski definition) is 2. The van der Waals surface area contributed by atoms with Crippen molar-refractivity contribution in [1.29, 1.82) is 0 Å². The van der Waals surface area contributed by atoms with Gasteiger partial charge in [-0.25, -0.2) is 0 Å². The fourth-order valence-corrected chi connectivity index (χ4v) is 1.91. The predicted octanol–water partition coefficient (Wildman–Crippen LogP) is 2.04. The van der Waals surface area contributed by atoms with Crippen LogP contribution in [0.3, 0.4) is 0 Å². The molecule has 1 aliphatic rings. The summed E-state index contributed by atoms with van der Waals surface area (Å²) < 4.78 is 0. The molecule has 1 fully saturated rings. The molecule has 3 N–H and O–H groups in total. The first-order valence-electron chi connectivity index (χ1n) is 5.60. The monoisotopic (exact) mass is 184 g/mol. The van der Waals surface area contributed by atoms with Crippen molar-refractivity contribution in [2.45, 2.75) is 64.0 Å². The molecule has 2 nitrogen and oxygen atoms in total. The van der Waals surface area contributed by atoms with Crippen LogP contribution in [0.15, 0.2) is 0 Å². The van der Waals surface area contributed by atoms with Crippen LogP contribution in [0.2, 0.25) is 0 Å². The van der Waals surface area contributed by atoms with Gasteiger partial charge >= 0.3 is 0 Å². The molecule has 0 aromatic heterocycles. The molecular weight excluding hydrogens is 160 g/mol. The number of rotatable bonds is 4. The molecule has 1 aliphatic carbocycles. The lowest BCUT2D eigenvalue weighted by Gasteiger charge is -2.25. The zero-order valence-electron chi connectivity index (χ0n) is 9.10. The topological polar surface area (TPSA) is 38.0 Å². The molecule has 1 rings (SSSR count). The lowest BCUT2D eigenvalue weighted by molar-refractivity contribution is 0.353. The fraction of sp³-hybridized carbons (Fsp3) is 1.00. The molecule has 0 bridgehead atoms. The van der Waals surface area contributed by atoms with Gasteiger partial charge in [0, 0.05) is 11.6 Å². The van der Waals surface area contributed by atoms with Crippen LogP contribution >= 0.6 is 0 Å². The van der Waals surface area contributed by atoms with E-state index in [1.165, 1.54) is 32.1 Å². The zero-order chi connectivity index (χ0) is 9.73. The van der Waals surface area contributed by atoms with Crippen LogP contribution in [0.25, 0.3) is 0 Å². The normalized spacial score (nSPS) is 20.5. The van der Waals surface area contributed by atoms with Gasteiger partial charge in [0.25, 0.3) is 0 Å². The van der Waals surface area contributed by atoms with Crippen LogP contribution in [0.1, 0.15) is 52.4 Å². The van der Waals surface area contributed by atoms with Crippen molar-refractivity contribution in [3.63, 3.8) is 0 Å². The van der Waals surface area contributed by atoms with Crippen molar-refractivity contribution in [2.24, 2.45) is 5.73 Å². The van der Waals surface area contributed by atoms with Crippen molar-refractivity contribution in [2.75, 3.05) is 6.54 Å². The second kappa shape index (κ2) is 4.97. The van der Waals surface area contributed by atoms with E-state index in [9.17, 15) is 0 Å². The van der Waals surface area contributed by atoms with Gasteiger partial charge < -0.3 is 11.1 Å². The Labute approximate surface area is 82.3 Å². The van der Waals surface area contributed by atoms with Gasteiger partial charge in [0.1, 0.15) is 0 Å². The molecule has 0 radical (unpaired) electrons. The minimum absolute atomic E-state index is 0.0122. The van der Waals surface area contributed by atoms with Gasteiger partial charge in [-0.3, -0.25) is 0 Å². The summed E-state index contributed by atoms with van der Waals surface area (Å²) in [6, 6.07) is 0.774. The summed E-state index contributed by atoms with van der Waals surface area (Å²) in [5.74, 6) is 0. The van der Waals surface area contributed by atoms with Gasteiger partial charge in [-0.2, -0.15) is 0 Å². The molecule has 0 aromatic rings. The largest absolute Gasteiger partial charge is 0.326 e. The van der Waals surface area contributed by atoms with Crippen molar-refractivity contribution in [3.05, 3.63) is 0 Å². The third-order valence-electron chi connectivity index (χ3n) is 2.81. The van der Waals surface area contributed by atoms with E-state index in [4.69, 9.17) is 5.73 Å². The highest BCUT2D eigenvalue weighted by Crippen LogP contribution is 2.17. The molecule has 78 valence electrons. The van der Waals surface area contributed by atoms with Crippen LogP contribution in [0.5, 0.6) is 0 Å². The Hall–Kier alpha value is -0.0800. The smallest absolute Gasteiger partial charge is 0.0109 e. The molecule has 0 unspecified atom stereocenters. The van der Waals surface area contributed by atoms with E-state index in [1.54, 1.807) is 0 Å². The van der Waals surface area contributed by atoms with E-state index in [1.807, 2.05) is 0 Å². The minimum Gasteiger partial charge on any atom is -0.326 e. The average molecular weight is 184 g/mol. The van der Waals surface area contributed by atoms with E-state index in [0.29, 0.717) is 0 Å². The summed E-state index contributed by atoms with van der Waals surface area (Å²) >= 11 is 0. The molecular formula is C11H24N2. The molecule has 1 saturated carbocycles. The Morgan fingerprint density at radius 2 is 1.85 bits per heavy atom. The third-order valence-corrected chi connectivity index (χ3v) is 2.81. The summed E-state index contributed by atoms with van der Waals surface area (Å²) in [4.78, 5) is 0. The molecule has 0 heterocycles.